The molecule has 19 heavy (non-hydrogen) atoms. The van der Waals surface area contributed by atoms with Crippen LogP contribution in [-0.4, -0.2) is 35.0 Å². The van der Waals surface area contributed by atoms with E-state index in [9.17, 15) is 4.79 Å². The first-order chi connectivity index (χ1) is 9.06. The highest BCUT2D eigenvalue weighted by Gasteiger charge is 2.26. The number of aryl methyl sites for hydroxylation is 2. The van der Waals surface area contributed by atoms with Crippen LogP contribution in [0.3, 0.4) is 0 Å². The summed E-state index contributed by atoms with van der Waals surface area (Å²) in [6, 6.07) is 2.43. The average molecular weight is 262 g/mol. The van der Waals surface area contributed by atoms with Crippen molar-refractivity contribution in [3.8, 4) is 0 Å². The molecule has 0 aromatic carbocycles. The summed E-state index contributed by atoms with van der Waals surface area (Å²) < 4.78 is 0. The van der Waals surface area contributed by atoms with Gasteiger partial charge in [-0.15, -0.1) is 0 Å². The number of hydrogen-bond donors (Lipinski definition) is 1. The predicted molar refractivity (Wildman–Crippen MR) is 75.2 cm³/mol. The summed E-state index contributed by atoms with van der Waals surface area (Å²) >= 11 is 0. The molecule has 0 unspecified atom stereocenters. The minimum Gasteiger partial charge on any atom is -0.356 e. The van der Waals surface area contributed by atoms with Crippen LogP contribution in [0.25, 0.3) is 0 Å². The van der Waals surface area contributed by atoms with Gasteiger partial charge in [0.05, 0.1) is 0 Å². The quantitative estimate of drug-likeness (QED) is 0.895. The molecular weight excluding hydrogens is 240 g/mol. The largest absolute Gasteiger partial charge is 0.356 e. The summed E-state index contributed by atoms with van der Waals surface area (Å²) in [5.74, 6) is 0.870. The highest BCUT2D eigenvalue weighted by molar-refractivity contribution is 5.72. The number of nitrogens with zero attached hydrogens (tertiary/aromatic N) is 3. The van der Waals surface area contributed by atoms with Crippen LogP contribution in [0.5, 0.6) is 0 Å². The fourth-order valence-corrected chi connectivity index (χ4v) is 2.65. The van der Waals surface area contributed by atoms with Crippen molar-refractivity contribution >= 4 is 11.9 Å². The molecule has 0 spiro atoms. The molecule has 104 valence electrons. The van der Waals surface area contributed by atoms with Gasteiger partial charge in [-0.25, -0.2) is 9.97 Å². The van der Waals surface area contributed by atoms with E-state index in [0.717, 1.165) is 43.3 Å². The third kappa shape index (κ3) is 3.66. The van der Waals surface area contributed by atoms with Gasteiger partial charge in [0.25, 0.3) is 0 Å². The molecule has 2 rings (SSSR count). The number of rotatable bonds is 4. The molecule has 1 aliphatic rings. The molecule has 0 saturated carbocycles. The summed E-state index contributed by atoms with van der Waals surface area (Å²) in [5.41, 5.74) is 2.02. The van der Waals surface area contributed by atoms with E-state index >= 15 is 0 Å². The normalized spacial score (nSPS) is 18.7. The zero-order valence-electron chi connectivity index (χ0n) is 11.9. The maximum absolute atomic E-state index is 10.9. The Labute approximate surface area is 114 Å². The Morgan fingerprint density at radius 1 is 1.42 bits per heavy atom. The first-order valence-electron chi connectivity index (χ1n) is 6.89. The first kappa shape index (κ1) is 13.8. The molecule has 0 radical (unpaired) electrons. The van der Waals surface area contributed by atoms with Crippen molar-refractivity contribution in [3.63, 3.8) is 0 Å². The number of aromatic nitrogens is 2. The second-order valence-corrected chi connectivity index (χ2v) is 5.21. The molecule has 1 atom stereocenters. The number of anilines is 1. The van der Waals surface area contributed by atoms with Gasteiger partial charge in [0.1, 0.15) is 0 Å². The van der Waals surface area contributed by atoms with E-state index < -0.39 is 0 Å². The first-order valence-corrected chi connectivity index (χ1v) is 6.89. The van der Waals surface area contributed by atoms with E-state index in [1.807, 2.05) is 19.9 Å². The third-order valence-electron chi connectivity index (χ3n) is 3.46. The summed E-state index contributed by atoms with van der Waals surface area (Å²) in [4.78, 5) is 22.3. The molecule has 5 nitrogen and oxygen atoms in total. The Morgan fingerprint density at radius 2 is 2.11 bits per heavy atom. The van der Waals surface area contributed by atoms with Crippen LogP contribution in [-0.2, 0) is 4.79 Å². The van der Waals surface area contributed by atoms with Gasteiger partial charge in [-0.3, -0.25) is 4.79 Å². The fourth-order valence-electron chi connectivity index (χ4n) is 2.65. The van der Waals surface area contributed by atoms with Gasteiger partial charge in [0.15, 0.2) is 0 Å². The molecular formula is C14H22N4O. The highest BCUT2D eigenvalue weighted by Crippen LogP contribution is 2.24. The van der Waals surface area contributed by atoms with Crippen LogP contribution in [0.15, 0.2) is 6.07 Å². The molecule has 0 bridgehead atoms. The Morgan fingerprint density at radius 3 is 2.74 bits per heavy atom. The lowest BCUT2D eigenvalue weighted by Gasteiger charge is -2.25. The van der Waals surface area contributed by atoms with E-state index in [1.54, 1.807) is 6.92 Å². The van der Waals surface area contributed by atoms with Crippen LogP contribution in [0, 0.1) is 13.8 Å². The number of hydrogen-bond acceptors (Lipinski definition) is 4. The van der Waals surface area contributed by atoms with Crippen molar-refractivity contribution in [2.45, 2.75) is 46.1 Å². The molecule has 1 aromatic rings. The van der Waals surface area contributed by atoms with Crippen molar-refractivity contribution in [2.75, 3.05) is 18.0 Å². The van der Waals surface area contributed by atoms with Crippen LogP contribution >= 0.6 is 0 Å². The summed E-state index contributed by atoms with van der Waals surface area (Å²) in [5, 5.41) is 2.86. The molecule has 0 aliphatic carbocycles. The Balaban J connectivity index is 2.03. The summed E-state index contributed by atoms with van der Waals surface area (Å²) in [6.45, 7) is 7.29. The molecule has 2 heterocycles. The zero-order chi connectivity index (χ0) is 13.8. The van der Waals surface area contributed by atoms with Gasteiger partial charge in [-0.2, -0.15) is 0 Å². The minimum atomic E-state index is 0.0344. The molecule has 1 saturated heterocycles. The van der Waals surface area contributed by atoms with Crippen LogP contribution < -0.4 is 10.2 Å². The average Bonchev–Trinajstić information content (AvgIpc) is 2.75. The van der Waals surface area contributed by atoms with Gasteiger partial charge in [0, 0.05) is 37.4 Å². The Hall–Kier alpha value is -1.65. The van der Waals surface area contributed by atoms with Gasteiger partial charge in [0.2, 0.25) is 11.9 Å². The number of amides is 1. The lowest BCUT2D eigenvalue weighted by atomic mass is 10.1. The highest BCUT2D eigenvalue weighted by atomic mass is 16.1. The monoisotopic (exact) mass is 262 g/mol. The topological polar surface area (TPSA) is 58.1 Å². The van der Waals surface area contributed by atoms with E-state index in [-0.39, 0.29) is 5.91 Å². The van der Waals surface area contributed by atoms with Crippen molar-refractivity contribution in [3.05, 3.63) is 17.5 Å². The van der Waals surface area contributed by atoms with Gasteiger partial charge >= 0.3 is 0 Å². The standard InChI is InChI=1S/C14H22N4O/c1-10-9-11(2)17-14(16-10)18-8-4-5-13(18)6-7-15-12(3)19/h9,13H,4-8H2,1-3H3,(H,15,19)/t13-/m1/s1. The fraction of sp³-hybridized carbons (Fsp3) is 0.643. The van der Waals surface area contributed by atoms with Crippen LogP contribution in [0.4, 0.5) is 5.95 Å². The van der Waals surface area contributed by atoms with Crippen LogP contribution in [0.1, 0.15) is 37.6 Å². The zero-order valence-corrected chi connectivity index (χ0v) is 11.9. The van der Waals surface area contributed by atoms with Crippen LogP contribution in [0.2, 0.25) is 0 Å². The molecule has 1 aromatic heterocycles. The SMILES string of the molecule is CC(=O)NCC[C@H]1CCCN1c1nc(C)cc(C)n1. The predicted octanol–water partition coefficient (Wildman–Crippen LogP) is 1.59. The summed E-state index contributed by atoms with van der Waals surface area (Å²) in [7, 11) is 0. The van der Waals surface area contributed by atoms with Gasteiger partial charge in [-0.1, -0.05) is 0 Å². The van der Waals surface area contributed by atoms with E-state index in [1.165, 1.54) is 6.42 Å². The number of nitrogens with one attached hydrogen (secondary N) is 1. The summed E-state index contributed by atoms with van der Waals surface area (Å²) in [6.07, 6.45) is 3.27. The Bertz CT molecular complexity index is 441. The minimum absolute atomic E-state index is 0.0344. The third-order valence-corrected chi connectivity index (χ3v) is 3.46. The molecule has 1 aliphatic heterocycles. The van der Waals surface area contributed by atoms with Crippen molar-refractivity contribution < 1.29 is 4.79 Å². The molecule has 1 fully saturated rings. The van der Waals surface area contributed by atoms with Crippen molar-refractivity contribution in [2.24, 2.45) is 0 Å². The van der Waals surface area contributed by atoms with Gasteiger partial charge in [-0.05, 0) is 39.2 Å². The maximum atomic E-state index is 10.9. The van der Waals surface area contributed by atoms with Crippen molar-refractivity contribution in [1.82, 2.24) is 15.3 Å². The Kier molecular flexibility index (Phi) is 4.35. The molecule has 1 amide bonds. The smallest absolute Gasteiger partial charge is 0.226 e. The van der Waals surface area contributed by atoms with E-state index in [2.05, 4.69) is 20.2 Å². The number of carbonyl (C=O) groups is 1. The van der Waals surface area contributed by atoms with E-state index in [4.69, 9.17) is 0 Å². The molecule has 1 N–H and O–H groups in total. The van der Waals surface area contributed by atoms with Crippen molar-refractivity contribution in [1.29, 1.82) is 0 Å². The second-order valence-electron chi connectivity index (χ2n) is 5.21. The van der Waals surface area contributed by atoms with Gasteiger partial charge < -0.3 is 10.2 Å². The number of carbonyl (C=O) groups excluding carboxylic acids is 1. The lowest BCUT2D eigenvalue weighted by molar-refractivity contribution is -0.118. The molecule has 5 heteroatoms. The lowest BCUT2D eigenvalue weighted by Crippen LogP contribution is -2.34. The van der Waals surface area contributed by atoms with E-state index in [0.29, 0.717) is 6.04 Å². The second kappa shape index (κ2) is 5.99. The maximum Gasteiger partial charge on any atom is 0.226 e.